The number of hydrogen-bond acceptors (Lipinski definition) is 5. The van der Waals surface area contributed by atoms with Crippen LogP contribution in [-0.4, -0.2) is 39.9 Å². The molecule has 3 rings (SSSR count). The lowest BCUT2D eigenvalue weighted by Gasteiger charge is -2.13. The second kappa shape index (κ2) is 8.01. The van der Waals surface area contributed by atoms with Crippen LogP contribution in [-0.2, 0) is 9.59 Å². The fourth-order valence-electron chi connectivity index (χ4n) is 2.55. The third-order valence-electron chi connectivity index (χ3n) is 4.30. The first kappa shape index (κ1) is 17.9. The number of nitrogens with zero attached hydrogens (tertiary/aromatic N) is 2. The molecular formula is C18H21N3O2S2. The minimum absolute atomic E-state index is 0.0152. The number of anilines is 1. The molecule has 2 amide bonds. The summed E-state index contributed by atoms with van der Waals surface area (Å²) in [7, 11) is 0. The predicted molar refractivity (Wildman–Crippen MR) is 104 cm³/mol. The molecule has 0 radical (unpaired) electrons. The van der Waals surface area contributed by atoms with E-state index in [0.717, 1.165) is 17.7 Å². The second-order valence-electron chi connectivity index (χ2n) is 6.09. The van der Waals surface area contributed by atoms with Gasteiger partial charge in [0.1, 0.15) is 6.54 Å². The zero-order chi connectivity index (χ0) is 17.8. The molecule has 25 heavy (non-hydrogen) atoms. The van der Waals surface area contributed by atoms with Crippen molar-refractivity contribution in [1.29, 1.82) is 0 Å². The highest BCUT2D eigenvalue weighted by molar-refractivity contribution is 8.00. The van der Waals surface area contributed by atoms with Crippen LogP contribution in [0.1, 0.15) is 31.7 Å². The summed E-state index contributed by atoms with van der Waals surface area (Å²) in [5.74, 6) is 1.40. The Morgan fingerprint density at radius 1 is 1.36 bits per heavy atom. The molecule has 0 saturated carbocycles. The number of hydrogen-bond donors (Lipinski definition) is 1. The highest BCUT2D eigenvalue weighted by Gasteiger charge is 2.23. The summed E-state index contributed by atoms with van der Waals surface area (Å²) in [4.78, 5) is 29.7. The van der Waals surface area contributed by atoms with E-state index >= 15 is 0 Å². The number of aromatic nitrogens is 1. The van der Waals surface area contributed by atoms with Gasteiger partial charge >= 0.3 is 0 Å². The van der Waals surface area contributed by atoms with Crippen molar-refractivity contribution < 1.29 is 9.59 Å². The first-order valence-corrected chi connectivity index (χ1v) is 10.3. The normalized spacial score (nSPS) is 15.4. The number of thioether (sulfide) groups is 1. The number of carbonyl (C=O) groups is 2. The van der Waals surface area contributed by atoms with E-state index in [1.807, 2.05) is 5.38 Å². The molecule has 1 aliphatic heterocycles. The molecule has 132 valence electrons. The molecule has 1 unspecified atom stereocenters. The minimum atomic E-state index is -0.205. The van der Waals surface area contributed by atoms with Crippen LogP contribution >= 0.6 is 23.1 Å². The van der Waals surface area contributed by atoms with Gasteiger partial charge in [0.25, 0.3) is 0 Å². The van der Waals surface area contributed by atoms with Gasteiger partial charge in [-0.05, 0) is 17.9 Å². The molecule has 7 heteroatoms. The molecule has 2 heterocycles. The van der Waals surface area contributed by atoms with Gasteiger partial charge in [0.05, 0.1) is 17.3 Å². The summed E-state index contributed by atoms with van der Waals surface area (Å²) in [6, 6.07) is 8.42. The van der Waals surface area contributed by atoms with Gasteiger partial charge in [-0.1, -0.05) is 38.1 Å². The van der Waals surface area contributed by atoms with E-state index in [9.17, 15) is 9.59 Å². The lowest BCUT2D eigenvalue weighted by Crippen LogP contribution is -2.34. The smallest absolute Gasteiger partial charge is 0.245 e. The Morgan fingerprint density at radius 3 is 2.76 bits per heavy atom. The zero-order valence-corrected chi connectivity index (χ0v) is 16.0. The largest absolute Gasteiger partial charge is 0.323 e. The van der Waals surface area contributed by atoms with Gasteiger partial charge in [-0.25, -0.2) is 4.98 Å². The highest BCUT2D eigenvalue weighted by atomic mass is 32.2. The molecule has 1 aromatic carbocycles. The van der Waals surface area contributed by atoms with Gasteiger partial charge in [-0.15, -0.1) is 23.1 Å². The maximum atomic E-state index is 12.1. The molecule has 2 aromatic rings. The lowest BCUT2D eigenvalue weighted by molar-refractivity contribution is -0.130. The molecule has 0 spiro atoms. The molecule has 1 saturated heterocycles. The van der Waals surface area contributed by atoms with Crippen molar-refractivity contribution in [3.63, 3.8) is 0 Å². The summed E-state index contributed by atoms with van der Waals surface area (Å²) < 4.78 is 0. The van der Waals surface area contributed by atoms with Gasteiger partial charge < -0.3 is 10.2 Å². The number of benzene rings is 1. The quantitative estimate of drug-likeness (QED) is 0.834. The van der Waals surface area contributed by atoms with Crippen molar-refractivity contribution in [2.24, 2.45) is 0 Å². The van der Waals surface area contributed by atoms with Crippen molar-refractivity contribution in [3.05, 3.63) is 35.2 Å². The van der Waals surface area contributed by atoms with E-state index in [2.05, 4.69) is 48.4 Å². The predicted octanol–water partition coefficient (Wildman–Crippen LogP) is 3.80. The first-order chi connectivity index (χ1) is 12.1. The van der Waals surface area contributed by atoms with E-state index in [1.165, 1.54) is 28.7 Å². The van der Waals surface area contributed by atoms with Gasteiger partial charge in [0.15, 0.2) is 5.13 Å². The lowest BCUT2D eigenvalue weighted by atomic mass is 9.97. The van der Waals surface area contributed by atoms with Crippen LogP contribution in [0.25, 0.3) is 11.3 Å². The van der Waals surface area contributed by atoms with Crippen LogP contribution in [0.5, 0.6) is 0 Å². The molecule has 1 N–H and O–H groups in total. The Labute approximate surface area is 155 Å². The summed E-state index contributed by atoms with van der Waals surface area (Å²) in [6.07, 6.45) is 1.12. The van der Waals surface area contributed by atoms with E-state index < -0.39 is 0 Å². The first-order valence-electron chi connectivity index (χ1n) is 8.28. The third kappa shape index (κ3) is 4.41. The Bertz CT molecular complexity index is 758. The molecule has 5 nitrogen and oxygen atoms in total. The van der Waals surface area contributed by atoms with Gasteiger partial charge in [-0.3, -0.25) is 9.59 Å². The molecule has 1 aliphatic rings. The van der Waals surface area contributed by atoms with Crippen molar-refractivity contribution in [3.8, 4) is 11.3 Å². The standard InChI is InChI=1S/C18H21N3O2S2/c1-3-12(2)13-4-6-14(7-5-13)15-9-25-18(19-15)20-16(22)8-21-11-24-10-17(21)23/h4-7,9,12H,3,8,10-11H2,1-2H3,(H,19,20,22). The number of carbonyl (C=O) groups excluding carboxylic acids is 2. The highest BCUT2D eigenvalue weighted by Crippen LogP contribution is 2.27. The van der Waals surface area contributed by atoms with E-state index in [4.69, 9.17) is 0 Å². The number of amides is 2. The van der Waals surface area contributed by atoms with E-state index in [1.54, 1.807) is 4.90 Å². The third-order valence-corrected chi connectivity index (χ3v) is 6.00. The fraction of sp³-hybridized carbons (Fsp3) is 0.389. The molecular weight excluding hydrogens is 354 g/mol. The number of rotatable bonds is 6. The van der Waals surface area contributed by atoms with E-state index in [-0.39, 0.29) is 18.4 Å². The van der Waals surface area contributed by atoms with Crippen LogP contribution in [0.3, 0.4) is 0 Å². The van der Waals surface area contributed by atoms with Crippen LogP contribution in [0, 0.1) is 0 Å². The number of thiazole rings is 1. The second-order valence-corrected chi connectivity index (χ2v) is 7.90. The Balaban J connectivity index is 1.62. The Kier molecular flexibility index (Phi) is 5.75. The van der Waals surface area contributed by atoms with Crippen molar-refractivity contribution in [1.82, 2.24) is 9.88 Å². The molecule has 0 aliphatic carbocycles. The van der Waals surface area contributed by atoms with Crippen molar-refractivity contribution >= 4 is 40.0 Å². The van der Waals surface area contributed by atoms with Crippen molar-refractivity contribution in [2.45, 2.75) is 26.2 Å². The van der Waals surface area contributed by atoms with Crippen LogP contribution in [0.4, 0.5) is 5.13 Å². The van der Waals surface area contributed by atoms with Crippen LogP contribution in [0.2, 0.25) is 0 Å². The average Bonchev–Trinajstić information content (AvgIpc) is 3.24. The van der Waals surface area contributed by atoms with Gasteiger partial charge in [0, 0.05) is 10.9 Å². The summed E-state index contributed by atoms with van der Waals surface area (Å²) in [5.41, 5.74) is 3.21. The van der Waals surface area contributed by atoms with Crippen molar-refractivity contribution in [2.75, 3.05) is 23.5 Å². The fourth-order valence-corrected chi connectivity index (χ4v) is 4.19. The summed E-state index contributed by atoms with van der Waals surface area (Å²) >= 11 is 2.92. The topological polar surface area (TPSA) is 62.3 Å². The Hall–Kier alpha value is -1.86. The SMILES string of the molecule is CCC(C)c1ccc(-c2csc(NC(=O)CN3CSCC3=O)n2)cc1. The number of nitrogens with one attached hydrogen (secondary N) is 1. The van der Waals surface area contributed by atoms with E-state index in [0.29, 0.717) is 22.7 Å². The average molecular weight is 376 g/mol. The maximum absolute atomic E-state index is 12.1. The summed E-state index contributed by atoms with van der Waals surface area (Å²) in [5, 5.41) is 5.28. The van der Waals surface area contributed by atoms with Crippen LogP contribution < -0.4 is 5.32 Å². The van der Waals surface area contributed by atoms with Gasteiger partial charge in [0.2, 0.25) is 11.8 Å². The minimum Gasteiger partial charge on any atom is -0.323 e. The van der Waals surface area contributed by atoms with Gasteiger partial charge in [-0.2, -0.15) is 0 Å². The summed E-state index contributed by atoms with van der Waals surface area (Å²) in [6.45, 7) is 4.49. The Morgan fingerprint density at radius 2 is 2.12 bits per heavy atom. The monoisotopic (exact) mass is 375 g/mol. The molecule has 0 bridgehead atoms. The van der Waals surface area contributed by atoms with Crippen LogP contribution in [0.15, 0.2) is 29.6 Å². The molecule has 1 fully saturated rings. The molecule has 1 aromatic heterocycles. The maximum Gasteiger partial charge on any atom is 0.245 e. The molecule has 1 atom stereocenters. The zero-order valence-electron chi connectivity index (χ0n) is 14.3.